The molecule has 3 aromatic heterocycles. The van der Waals surface area contributed by atoms with Gasteiger partial charge >= 0.3 is 0 Å². The van der Waals surface area contributed by atoms with Gasteiger partial charge in [0.1, 0.15) is 0 Å². The average molecular weight is 401 g/mol. The van der Waals surface area contributed by atoms with Gasteiger partial charge in [-0.15, -0.1) is 5.10 Å². The second-order valence-electron chi connectivity index (χ2n) is 7.74. The van der Waals surface area contributed by atoms with Crippen molar-refractivity contribution in [3.8, 4) is 0 Å². The monoisotopic (exact) mass is 401 g/mol. The Morgan fingerprint density at radius 3 is 2.70 bits per heavy atom. The zero-order valence-electron chi connectivity index (χ0n) is 17.1. The van der Waals surface area contributed by atoms with Crippen LogP contribution in [0.4, 0.5) is 11.4 Å². The summed E-state index contributed by atoms with van der Waals surface area (Å²) < 4.78 is 1.58. The topological polar surface area (TPSA) is 88.3 Å². The van der Waals surface area contributed by atoms with Gasteiger partial charge in [0.05, 0.1) is 5.69 Å². The van der Waals surface area contributed by atoms with Crippen molar-refractivity contribution in [2.45, 2.75) is 33.1 Å². The molecule has 1 aliphatic rings. The Morgan fingerprint density at radius 1 is 1.03 bits per heavy atom. The fourth-order valence-electron chi connectivity index (χ4n) is 4.13. The van der Waals surface area contributed by atoms with Gasteiger partial charge in [-0.1, -0.05) is 0 Å². The van der Waals surface area contributed by atoms with Gasteiger partial charge in [-0.05, 0) is 57.4 Å². The quantitative estimate of drug-likeness (QED) is 0.565. The van der Waals surface area contributed by atoms with Crippen LogP contribution in [0.2, 0.25) is 0 Å². The highest BCUT2D eigenvalue weighted by Gasteiger charge is 2.19. The van der Waals surface area contributed by atoms with E-state index >= 15 is 0 Å². The lowest BCUT2D eigenvalue weighted by Gasteiger charge is -2.30. The number of fused-ring (bicyclic) bond motifs is 2. The first-order valence-corrected chi connectivity index (χ1v) is 10.2. The van der Waals surface area contributed by atoms with Crippen LogP contribution in [0.1, 0.15) is 41.3 Å². The summed E-state index contributed by atoms with van der Waals surface area (Å²) in [6.45, 7) is 5.92. The number of nitrogens with zero attached hydrogens (tertiary/aromatic N) is 6. The van der Waals surface area contributed by atoms with E-state index in [9.17, 15) is 4.79 Å². The maximum absolute atomic E-state index is 12.9. The van der Waals surface area contributed by atoms with Crippen molar-refractivity contribution in [3.05, 3.63) is 53.9 Å². The first-order chi connectivity index (χ1) is 14.6. The molecule has 8 heteroatoms. The Kier molecular flexibility index (Phi) is 4.54. The van der Waals surface area contributed by atoms with E-state index in [2.05, 4.69) is 36.3 Å². The third kappa shape index (κ3) is 3.24. The van der Waals surface area contributed by atoms with Crippen molar-refractivity contribution in [3.63, 3.8) is 0 Å². The van der Waals surface area contributed by atoms with Crippen LogP contribution in [0.3, 0.4) is 0 Å². The summed E-state index contributed by atoms with van der Waals surface area (Å²) in [5.41, 5.74) is 3.60. The number of hydrogen-bond acceptors (Lipinski definition) is 6. The molecule has 0 aliphatic carbocycles. The Labute approximate surface area is 174 Å². The zero-order valence-corrected chi connectivity index (χ0v) is 17.1. The molecule has 0 saturated carbocycles. The zero-order chi connectivity index (χ0) is 20.7. The van der Waals surface area contributed by atoms with Gasteiger partial charge in [0, 0.05) is 53.3 Å². The van der Waals surface area contributed by atoms with Crippen molar-refractivity contribution in [1.29, 1.82) is 0 Å². The maximum atomic E-state index is 12.9. The van der Waals surface area contributed by atoms with Crippen LogP contribution in [-0.4, -0.2) is 43.6 Å². The molecular weight excluding hydrogens is 378 g/mol. The van der Waals surface area contributed by atoms with Gasteiger partial charge in [0.15, 0.2) is 0 Å². The fourth-order valence-corrected chi connectivity index (χ4v) is 4.13. The molecule has 30 heavy (non-hydrogen) atoms. The van der Waals surface area contributed by atoms with Crippen LogP contribution in [0.15, 0.2) is 36.7 Å². The standard InChI is InChI=1S/C22H23N7O/c1-14-12-15(2)29-22(24-14)26-20(27-29)21(30)25-18-6-7-19(28-10-4-3-5-11-28)16-8-9-23-13-17(16)18/h6-9,12-13H,3-5,10-11H2,1-2H3,(H,25,30). The molecule has 4 heterocycles. The highest BCUT2D eigenvalue weighted by atomic mass is 16.2. The van der Waals surface area contributed by atoms with E-state index in [1.807, 2.05) is 32.0 Å². The molecular formula is C22H23N7O. The molecule has 0 radical (unpaired) electrons. The summed E-state index contributed by atoms with van der Waals surface area (Å²) in [6.07, 6.45) is 7.28. The number of hydrogen-bond donors (Lipinski definition) is 1. The van der Waals surface area contributed by atoms with E-state index in [4.69, 9.17) is 0 Å². The number of pyridine rings is 1. The Bertz CT molecular complexity index is 1260. The highest BCUT2D eigenvalue weighted by Crippen LogP contribution is 2.33. The summed E-state index contributed by atoms with van der Waals surface area (Å²) >= 11 is 0. The van der Waals surface area contributed by atoms with Gasteiger partial charge in [0.2, 0.25) is 5.82 Å². The van der Waals surface area contributed by atoms with E-state index in [1.54, 1.807) is 16.9 Å². The lowest BCUT2D eigenvalue weighted by atomic mass is 10.1. The molecule has 1 N–H and O–H groups in total. The predicted molar refractivity (Wildman–Crippen MR) is 116 cm³/mol. The minimum atomic E-state index is -0.367. The van der Waals surface area contributed by atoms with Gasteiger partial charge in [-0.2, -0.15) is 4.98 Å². The molecule has 1 amide bonds. The number of nitrogens with one attached hydrogen (secondary N) is 1. The van der Waals surface area contributed by atoms with Crippen LogP contribution in [-0.2, 0) is 0 Å². The summed E-state index contributed by atoms with van der Waals surface area (Å²) in [4.78, 5) is 28.3. The molecule has 0 atom stereocenters. The van der Waals surface area contributed by atoms with Crippen LogP contribution in [0.25, 0.3) is 16.6 Å². The number of amides is 1. The first-order valence-electron chi connectivity index (χ1n) is 10.2. The molecule has 0 unspecified atom stereocenters. The van der Waals surface area contributed by atoms with E-state index in [1.165, 1.54) is 24.9 Å². The van der Waals surface area contributed by atoms with E-state index in [-0.39, 0.29) is 11.7 Å². The number of carbonyl (C=O) groups is 1. The van der Waals surface area contributed by atoms with Crippen molar-refractivity contribution >= 4 is 33.8 Å². The smallest absolute Gasteiger partial charge is 0.295 e. The molecule has 1 aromatic carbocycles. The second kappa shape index (κ2) is 7.37. The molecule has 4 aromatic rings. The molecule has 0 spiro atoms. The molecule has 1 aliphatic heterocycles. The lowest BCUT2D eigenvalue weighted by Crippen LogP contribution is -2.29. The molecule has 152 valence electrons. The number of benzene rings is 1. The van der Waals surface area contributed by atoms with Crippen molar-refractivity contribution in [1.82, 2.24) is 24.6 Å². The molecule has 1 fully saturated rings. The van der Waals surface area contributed by atoms with Crippen LogP contribution in [0.5, 0.6) is 0 Å². The average Bonchev–Trinajstić information content (AvgIpc) is 3.19. The van der Waals surface area contributed by atoms with E-state index in [0.717, 1.165) is 35.2 Å². The molecule has 8 nitrogen and oxygen atoms in total. The summed E-state index contributed by atoms with van der Waals surface area (Å²) in [5, 5.41) is 9.28. The third-order valence-electron chi connectivity index (χ3n) is 5.56. The Balaban J connectivity index is 1.49. The molecule has 1 saturated heterocycles. The van der Waals surface area contributed by atoms with Crippen LogP contribution >= 0.6 is 0 Å². The van der Waals surface area contributed by atoms with Crippen molar-refractivity contribution in [2.75, 3.05) is 23.3 Å². The predicted octanol–water partition coefficient (Wildman–Crippen LogP) is 3.53. The van der Waals surface area contributed by atoms with Crippen LogP contribution < -0.4 is 10.2 Å². The number of aryl methyl sites for hydroxylation is 2. The summed E-state index contributed by atoms with van der Waals surface area (Å²) in [7, 11) is 0. The molecule has 5 rings (SSSR count). The number of rotatable bonds is 3. The minimum Gasteiger partial charge on any atom is -0.371 e. The van der Waals surface area contributed by atoms with Gasteiger partial charge in [-0.3, -0.25) is 9.78 Å². The summed E-state index contributed by atoms with van der Waals surface area (Å²) in [5.74, 6) is 0.145. The Morgan fingerprint density at radius 2 is 1.87 bits per heavy atom. The minimum absolute atomic E-state index is 0.0911. The van der Waals surface area contributed by atoms with Crippen LogP contribution in [0, 0.1) is 13.8 Å². The number of aromatic nitrogens is 5. The van der Waals surface area contributed by atoms with Gasteiger partial charge in [0.25, 0.3) is 11.7 Å². The maximum Gasteiger partial charge on any atom is 0.295 e. The second-order valence-corrected chi connectivity index (χ2v) is 7.74. The van der Waals surface area contributed by atoms with E-state index in [0.29, 0.717) is 11.5 Å². The highest BCUT2D eigenvalue weighted by molar-refractivity contribution is 6.10. The largest absolute Gasteiger partial charge is 0.371 e. The van der Waals surface area contributed by atoms with Gasteiger partial charge < -0.3 is 10.2 Å². The first kappa shape index (κ1) is 18.5. The van der Waals surface area contributed by atoms with Crippen molar-refractivity contribution < 1.29 is 4.79 Å². The Hall–Kier alpha value is -3.55. The lowest BCUT2D eigenvalue weighted by molar-refractivity contribution is 0.101. The fraction of sp³-hybridized carbons (Fsp3) is 0.318. The molecule has 0 bridgehead atoms. The number of piperidine rings is 1. The SMILES string of the molecule is Cc1cc(C)n2nc(C(=O)Nc3ccc(N4CCCCC4)c4ccncc34)nc2n1. The third-order valence-corrected chi connectivity index (χ3v) is 5.56. The van der Waals surface area contributed by atoms with Gasteiger partial charge in [-0.25, -0.2) is 9.50 Å². The normalized spacial score (nSPS) is 14.4. The van der Waals surface area contributed by atoms with E-state index < -0.39 is 0 Å². The number of anilines is 2. The van der Waals surface area contributed by atoms with Crippen molar-refractivity contribution in [2.24, 2.45) is 0 Å². The number of carbonyl (C=O) groups excluding carboxylic acids is 1. The summed E-state index contributed by atoms with van der Waals surface area (Å²) in [6, 6.07) is 7.93.